The second kappa shape index (κ2) is 28.5. The summed E-state index contributed by atoms with van der Waals surface area (Å²) < 4.78 is 27.2. The van der Waals surface area contributed by atoms with Crippen molar-refractivity contribution in [3.8, 4) is 11.1 Å². The van der Waals surface area contributed by atoms with E-state index in [9.17, 15) is 23.1 Å². The highest BCUT2D eigenvalue weighted by atomic mass is 32.2. The number of hydrogen-bond donors (Lipinski definition) is 3. The second-order valence-electron chi connectivity index (χ2n) is 13.9. The van der Waals surface area contributed by atoms with Crippen LogP contribution in [0.15, 0.2) is 72.8 Å². The number of sulfone groups is 1. The molecule has 9 nitrogen and oxygen atoms in total. The summed E-state index contributed by atoms with van der Waals surface area (Å²) >= 11 is 3.92. The van der Waals surface area contributed by atoms with Crippen molar-refractivity contribution in [2.24, 2.45) is 0 Å². The van der Waals surface area contributed by atoms with Crippen LogP contribution >= 0.6 is 23.5 Å². The molecular weight excluding hydrogens is 751 g/mol. The molecule has 1 amide bonds. The highest BCUT2D eigenvalue weighted by molar-refractivity contribution is 7.99. The fraction of sp³-hybridized carbons (Fsp3) is 0.535. The van der Waals surface area contributed by atoms with Gasteiger partial charge < -0.3 is 20.5 Å². The molecule has 0 aromatic heterocycles. The number of aliphatic carboxylic acids is 1. The summed E-state index contributed by atoms with van der Waals surface area (Å²) in [6.07, 6.45) is 8.01. The van der Waals surface area contributed by atoms with Crippen LogP contribution in [0.5, 0.6) is 0 Å². The van der Waals surface area contributed by atoms with Gasteiger partial charge >= 0.3 is 5.97 Å². The molecule has 0 saturated carbocycles. The number of carbonyl (C=O) groups is 2. The third kappa shape index (κ3) is 21.3. The van der Waals surface area contributed by atoms with E-state index in [0.717, 1.165) is 59.1 Å². The fourth-order valence-corrected chi connectivity index (χ4v) is 8.12. The monoisotopic (exact) mass is 817 g/mol. The highest BCUT2D eigenvalue weighted by Gasteiger charge is 2.25. The molecule has 12 heteroatoms. The minimum atomic E-state index is -3.35. The van der Waals surface area contributed by atoms with Gasteiger partial charge in [-0.1, -0.05) is 80.9 Å². The maximum absolute atomic E-state index is 13.2. The van der Waals surface area contributed by atoms with Gasteiger partial charge in [-0.3, -0.25) is 9.69 Å². The van der Waals surface area contributed by atoms with Crippen LogP contribution in [0.3, 0.4) is 0 Å². The highest BCUT2D eigenvalue weighted by Crippen LogP contribution is 2.30. The van der Waals surface area contributed by atoms with Crippen LogP contribution in [0, 0.1) is 6.92 Å². The van der Waals surface area contributed by atoms with Crippen molar-refractivity contribution >= 4 is 45.2 Å². The molecule has 4 rings (SSSR count). The molecule has 0 spiro atoms. The number of amides is 1. The molecule has 3 aromatic rings. The summed E-state index contributed by atoms with van der Waals surface area (Å²) in [5, 5.41) is 16.0. The quantitative estimate of drug-likeness (QED) is 0.115. The van der Waals surface area contributed by atoms with Gasteiger partial charge in [-0.15, -0.1) is 0 Å². The lowest BCUT2D eigenvalue weighted by Gasteiger charge is -2.22. The number of thioether (sulfide) groups is 2. The van der Waals surface area contributed by atoms with Crippen molar-refractivity contribution in [1.29, 1.82) is 0 Å². The van der Waals surface area contributed by atoms with Crippen LogP contribution < -0.4 is 10.6 Å². The molecule has 1 heterocycles. The average Bonchev–Trinajstić information content (AvgIpc) is 3.55. The zero-order valence-electron chi connectivity index (χ0n) is 34.6. The van der Waals surface area contributed by atoms with Crippen LogP contribution in [0.25, 0.3) is 11.1 Å². The van der Waals surface area contributed by atoms with Crippen molar-refractivity contribution < 1.29 is 27.9 Å². The first-order valence-corrected chi connectivity index (χ1v) is 23.5. The van der Waals surface area contributed by atoms with Crippen LogP contribution in [0.2, 0.25) is 0 Å². The largest absolute Gasteiger partial charge is 0.480 e. The number of benzene rings is 3. The van der Waals surface area contributed by atoms with E-state index in [4.69, 9.17) is 0 Å². The number of methoxy groups -OCH3 is 1. The first kappa shape index (κ1) is 50.1. The zero-order valence-corrected chi connectivity index (χ0v) is 37.0. The normalized spacial score (nSPS) is 14.9. The average molecular weight is 818 g/mol. The van der Waals surface area contributed by atoms with Gasteiger partial charge in [-0.25, -0.2) is 13.2 Å². The molecule has 1 fully saturated rings. The first-order chi connectivity index (χ1) is 26.2. The Balaban J connectivity index is 0.000000557. The third-order valence-corrected chi connectivity index (χ3v) is 11.6. The Bertz CT molecular complexity index is 1620. The summed E-state index contributed by atoms with van der Waals surface area (Å²) in [5.74, 6) is 0.335. The Kier molecular flexibility index (Phi) is 26.0. The Morgan fingerprint density at radius 2 is 1.67 bits per heavy atom. The minimum Gasteiger partial charge on any atom is -0.480 e. The predicted octanol–water partition coefficient (Wildman–Crippen LogP) is 8.20. The second-order valence-corrected chi connectivity index (χ2v) is 18.5. The van der Waals surface area contributed by atoms with Crippen molar-refractivity contribution in [3.05, 3.63) is 95.1 Å². The topological polar surface area (TPSA) is 125 Å². The van der Waals surface area contributed by atoms with E-state index in [0.29, 0.717) is 11.6 Å². The van der Waals surface area contributed by atoms with Crippen molar-refractivity contribution in [2.45, 2.75) is 89.4 Å². The molecule has 0 radical (unpaired) electrons. The molecule has 308 valence electrons. The first-order valence-electron chi connectivity index (χ1n) is 19.0. The van der Waals surface area contributed by atoms with Crippen LogP contribution in [0.4, 0.5) is 0 Å². The van der Waals surface area contributed by atoms with E-state index in [-0.39, 0.29) is 12.2 Å². The molecule has 3 atom stereocenters. The number of aryl methyl sites for hydroxylation is 1. The summed E-state index contributed by atoms with van der Waals surface area (Å²) in [6, 6.07) is 23.1. The van der Waals surface area contributed by atoms with Gasteiger partial charge in [0.25, 0.3) is 5.91 Å². The molecular formula is C43H67N3O6S3. The molecule has 55 heavy (non-hydrogen) atoms. The fourth-order valence-electron chi connectivity index (χ4n) is 5.79. The summed E-state index contributed by atoms with van der Waals surface area (Å²) in [6.45, 7) is 11.7. The standard InChI is InChI=1S/C25H32N2O5S.C8H19NS.C8H10S.C2H6O/c1-17-7-4-5-9-20(17)22-15-19(16-27-13-6-8-18(27)2)10-11-21(22)24(28)26-23(25(29)30)12-14-33(3,31)32;1-4-5-6-10-8(2)7-9-3;1-9-7-8-5-3-2-4-6-8;1-3-2/h4-5,7,9-11,15,18,23H,6,8,12-14,16H2,1-3H3,(H,26,28)(H,29,30);8-9H,4-7H2,1-3H3;2-6H,7H2,1H3;1-2H3. The van der Waals surface area contributed by atoms with Gasteiger partial charge in [0.2, 0.25) is 0 Å². The SMILES string of the molecule is CCCCSC(C)CNC.COC.CSCc1ccccc1.Cc1ccccc1-c1cc(CN2CCCC2C)ccc1C(=O)NC(CCS(C)(=O)=O)C(=O)O. The predicted molar refractivity (Wildman–Crippen MR) is 236 cm³/mol. The summed E-state index contributed by atoms with van der Waals surface area (Å²) in [7, 11) is 1.91. The lowest BCUT2D eigenvalue weighted by molar-refractivity contribution is -0.139. The van der Waals surface area contributed by atoms with Gasteiger partial charge in [0.05, 0.1) is 5.75 Å². The van der Waals surface area contributed by atoms with E-state index in [1.165, 1.54) is 37.0 Å². The minimum absolute atomic E-state index is 0.190. The van der Waals surface area contributed by atoms with Gasteiger partial charge in [0, 0.05) is 56.2 Å². The Morgan fingerprint density at radius 3 is 2.22 bits per heavy atom. The number of likely N-dealkylation sites (tertiary alicyclic amines) is 1. The van der Waals surface area contributed by atoms with Crippen LogP contribution in [-0.4, -0.2) is 106 Å². The number of carboxylic acid groups (broad SMARTS) is 1. The van der Waals surface area contributed by atoms with Crippen LogP contribution in [-0.2, 0) is 31.7 Å². The van der Waals surface area contributed by atoms with E-state index >= 15 is 0 Å². The van der Waals surface area contributed by atoms with E-state index in [1.807, 2.05) is 68.2 Å². The maximum Gasteiger partial charge on any atom is 0.326 e. The number of hydrogen-bond acceptors (Lipinski definition) is 9. The Hall–Kier alpha value is -2.87. The summed E-state index contributed by atoms with van der Waals surface area (Å²) in [4.78, 5) is 27.2. The van der Waals surface area contributed by atoms with Crippen molar-refractivity contribution in [2.75, 3.05) is 58.4 Å². The molecule has 3 N–H and O–H groups in total. The number of rotatable bonds is 17. The Morgan fingerprint density at radius 1 is 1.02 bits per heavy atom. The molecule has 1 aliphatic heterocycles. The number of ether oxygens (including phenoxy) is 1. The van der Waals surface area contributed by atoms with Gasteiger partial charge in [0.15, 0.2) is 0 Å². The lowest BCUT2D eigenvalue weighted by atomic mass is 9.93. The van der Waals surface area contributed by atoms with Crippen molar-refractivity contribution in [3.63, 3.8) is 0 Å². The van der Waals surface area contributed by atoms with Gasteiger partial charge in [0.1, 0.15) is 15.9 Å². The molecule has 3 unspecified atom stereocenters. The van der Waals surface area contributed by atoms with E-state index < -0.39 is 27.8 Å². The number of unbranched alkanes of at least 4 members (excludes halogenated alkanes) is 1. The Labute approximate surface area is 341 Å². The summed E-state index contributed by atoms with van der Waals surface area (Å²) in [5.41, 5.74) is 5.51. The van der Waals surface area contributed by atoms with Gasteiger partial charge in [-0.2, -0.15) is 23.5 Å². The number of nitrogens with one attached hydrogen (secondary N) is 2. The van der Waals surface area contributed by atoms with Crippen molar-refractivity contribution in [1.82, 2.24) is 15.5 Å². The molecule has 0 bridgehead atoms. The lowest BCUT2D eigenvalue weighted by Crippen LogP contribution is -2.42. The van der Waals surface area contributed by atoms with Crippen LogP contribution in [0.1, 0.15) is 79.9 Å². The zero-order chi connectivity index (χ0) is 41.2. The number of nitrogens with zero attached hydrogens (tertiary/aromatic N) is 1. The molecule has 1 saturated heterocycles. The molecule has 3 aromatic carbocycles. The number of carbonyl (C=O) groups excluding carboxylic acids is 1. The molecule has 0 aliphatic carbocycles. The smallest absolute Gasteiger partial charge is 0.326 e. The third-order valence-electron chi connectivity index (χ3n) is 8.77. The van der Waals surface area contributed by atoms with E-state index in [1.54, 1.807) is 20.3 Å². The number of carboxylic acids is 1. The van der Waals surface area contributed by atoms with E-state index in [2.05, 4.69) is 83.3 Å². The molecule has 1 aliphatic rings. The van der Waals surface area contributed by atoms with Gasteiger partial charge in [-0.05, 0) is 105 Å². The maximum atomic E-state index is 13.2.